The summed E-state index contributed by atoms with van der Waals surface area (Å²) in [5.41, 5.74) is 17.6. The van der Waals surface area contributed by atoms with Gasteiger partial charge in [-0.3, -0.25) is 0 Å². The van der Waals surface area contributed by atoms with Crippen LogP contribution in [-0.2, 0) is 36.5 Å². The Morgan fingerprint density at radius 1 is 0.344 bits per heavy atom. The summed E-state index contributed by atoms with van der Waals surface area (Å²) in [5.74, 6) is -0.954. The van der Waals surface area contributed by atoms with Gasteiger partial charge in [-0.15, -0.1) is 0 Å². The van der Waals surface area contributed by atoms with Gasteiger partial charge in [0.2, 0.25) is 0 Å². The number of anilines is 3. The fraction of sp³-hybridized carbons (Fsp3) is 0.0984. The molecule has 9 aromatic carbocycles. The van der Waals surface area contributed by atoms with Crippen LogP contribution in [0.2, 0.25) is 0 Å². The molecule has 0 atom stereocenters. The molecule has 0 aliphatic heterocycles. The molecule has 3 heteroatoms. The maximum absolute atomic E-state index is 12.7. The van der Waals surface area contributed by atoms with Crippen LogP contribution in [0.5, 0.6) is 0 Å². The highest BCUT2D eigenvalue weighted by Gasteiger charge is 2.45. The monoisotopic (exact) mass is 825 g/mol. The summed E-state index contributed by atoms with van der Waals surface area (Å²) < 4.78 is 0. The van der Waals surface area contributed by atoms with Crippen molar-refractivity contribution in [1.82, 2.24) is 0 Å². The fourth-order valence-electron chi connectivity index (χ4n) is 11.1. The van der Waals surface area contributed by atoms with E-state index in [4.69, 9.17) is 0 Å². The van der Waals surface area contributed by atoms with Gasteiger partial charge in [0.15, 0.2) is 0 Å². The summed E-state index contributed by atoms with van der Waals surface area (Å²) in [6.07, 6.45) is 3.29. The number of nitrogens with zero attached hydrogens (tertiary/aromatic N) is 1. The van der Waals surface area contributed by atoms with Crippen LogP contribution in [0.15, 0.2) is 231 Å². The van der Waals surface area contributed by atoms with Crippen molar-refractivity contribution in [2.75, 3.05) is 4.90 Å². The first-order chi connectivity index (χ1) is 31.5. The van der Waals surface area contributed by atoms with Crippen LogP contribution in [0.3, 0.4) is 0 Å². The number of aromatic carboxylic acids is 1. The lowest BCUT2D eigenvalue weighted by Gasteiger charge is -2.35. The average molecular weight is 826 g/mol. The Labute approximate surface area is 375 Å². The Morgan fingerprint density at radius 2 is 0.688 bits per heavy atom. The van der Waals surface area contributed by atoms with Crippen LogP contribution in [0.25, 0.3) is 22.3 Å². The highest BCUT2D eigenvalue weighted by Crippen LogP contribution is 2.56. The second kappa shape index (κ2) is 16.2. The van der Waals surface area contributed by atoms with E-state index in [1.165, 1.54) is 66.8 Å². The predicted molar refractivity (Wildman–Crippen MR) is 261 cm³/mol. The van der Waals surface area contributed by atoms with Gasteiger partial charge in [0.1, 0.15) is 0 Å². The lowest BCUT2D eigenvalue weighted by atomic mass is 9.69. The first-order valence-electron chi connectivity index (χ1n) is 22.3. The summed E-state index contributed by atoms with van der Waals surface area (Å²) in [6, 6.07) is 82.6. The maximum atomic E-state index is 12.7. The SMILES string of the molecule is O=C(O)c1cccc(N(c2ccc3c(c2)C(Cc2ccccc2)(Cc2ccccc2)c2ccccc2-3)c2ccc3c(c2)C(Cc2ccccc2)(Cc2ccccc2)c2ccccc2-3)c1. The second-order valence-corrected chi connectivity index (χ2v) is 17.6. The number of benzene rings is 9. The van der Waals surface area contributed by atoms with Gasteiger partial charge in [0.25, 0.3) is 0 Å². The Balaban J connectivity index is 1.14. The number of hydrogen-bond acceptors (Lipinski definition) is 2. The van der Waals surface area contributed by atoms with E-state index in [-0.39, 0.29) is 16.4 Å². The molecule has 0 unspecified atom stereocenters. The zero-order valence-corrected chi connectivity index (χ0v) is 35.6. The van der Waals surface area contributed by atoms with Crippen LogP contribution >= 0.6 is 0 Å². The third-order valence-corrected chi connectivity index (χ3v) is 13.8. The van der Waals surface area contributed by atoms with Gasteiger partial charge < -0.3 is 10.0 Å². The van der Waals surface area contributed by atoms with Crippen molar-refractivity contribution in [2.45, 2.75) is 36.5 Å². The molecule has 0 saturated carbocycles. The molecule has 1 N–H and O–H groups in total. The number of hydrogen-bond donors (Lipinski definition) is 1. The molecular formula is C61H47NO2. The first kappa shape index (κ1) is 39.1. The molecule has 0 amide bonds. The van der Waals surface area contributed by atoms with Crippen LogP contribution in [-0.4, -0.2) is 11.1 Å². The molecule has 3 nitrogen and oxygen atoms in total. The number of carbonyl (C=O) groups is 1. The van der Waals surface area contributed by atoms with Crippen molar-refractivity contribution >= 4 is 23.0 Å². The van der Waals surface area contributed by atoms with E-state index >= 15 is 0 Å². The Bertz CT molecular complexity index is 2870. The van der Waals surface area contributed by atoms with E-state index in [0.29, 0.717) is 0 Å². The summed E-state index contributed by atoms with van der Waals surface area (Å²) in [7, 11) is 0. The smallest absolute Gasteiger partial charge is 0.335 e. The highest BCUT2D eigenvalue weighted by molar-refractivity contribution is 5.92. The topological polar surface area (TPSA) is 40.5 Å². The van der Waals surface area contributed by atoms with Crippen LogP contribution in [0, 0.1) is 0 Å². The zero-order valence-electron chi connectivity index (χ0n) is 35.6. The highest BCUT2D eigenvalue weighted by atomic mass is 16.4. The van der Waals surface area contributed by atoms with Crippen molar-refractivity contribution in [3.63, 3.8) is 0 Å². The van der Waals surface area contributed by atoms with Gasteiger partial charge in [0.05, 0.1) is 5.56 Å². The van der Waals surface area contributed by atoms with Crippen LogP contribution < -0.4 is 4.90 Å². The minimum absolute atomic E-state index is 0.245. The summed E-state index contributed by atoms with van der Waals surface area (Å²) in [6.45, 7) is 0. The van der Waals surface area contributed by atoms with Gasteiger partial charge in [-0.1, -0.05) is 188 Å². The van der Waals surface area contributed by atoms with E-state index in [2.05, 4.69) is 211 Å². The van der Waals surface area contributed by atoms with Crippen molar-refractivity contribution in [1.29, 1.82) is 0 Å². The molecule has 64 heavy (non-hydrogen) atoms. The fourth-order valence-corrected chi connectivity index (χ4v) is 11.1. The van der Waals surface area contributed by atoms with E-state index in [1.807, 2.05) is 18.2 Å². The number of rotatable bonds is 12. The van der Waals surface area contributed by atoms with Gasteiger partial charge in [0, 0.05) is 27.9 Å². The number of carboxylic acid groups (broad SMARTS) is 1. The molecule has 0 heterocycles. The van der Waals surface area contributed by atoms with E-state index in [0.717, 1.165) is 42.7 Å². The third kappa shape index (κ3) is 6.81. The summed E-state index contributed by atoms with van der Waals surface area (Å²) in [4.78, 5) is 14.9. The molecule has 9 aromatic rings. The van der Waals surface area contributed by atoms with E-state index in [1.54, 1.807) is 6.07 Å². The molecule has 0 saturated heterocycles. The van der Waals surface area contributed by atoms with Crippen molar-refractivity contribution in [2.24, 2.45) is 0 Å². The molecule has 0 aromatic heterocycles. The molecule has 0 radical (unpaired) electrons. The van der Waals surface area contributed by atoms with Crippen molar-refractivity contribution in [3.8, 4) is 22.3 Å². The minimum atomic E-state index is -0.954. The van der Waals surface area contributed by atoms with Gasteiger partial charge in [-0.2, -0.15) is 0 Å². The number of fused-ring (bicyclic) bond motifs is 6. The average Bonchev–Trinajstić information content (AvgIpc) is 3.75. The van der Waals surface area contributed by atoms with Crippen LogP contribution in [0.4, 0.5) is 17.1 Å². The molecule has 0 bridgehead atoms. The second-order valence-electron chi connectivity index (χ2n) is 17.6. The lowest BCUT2D eigenvalue weighted by Crippen LogP contribution is -2.31. The molecule has 0 spiro atoms. The summed E-state index contributed by atoms with van der Waals surface area (Å²) in [5, 5.41) is 10.4. The zero-order chi connectivity index (χ0) is 43.1. The summed E-state index contributed by atoms with van der Waals surface area (Å²) >= 11 is 0. The third-order valence-electron chi connectivity index (χ3n) is 13.8. The maximum Gasteiger partial charge on any atom is 0.335 e. The molecule has 11 rings (SSSR count). The molecule has 2 aliphatic carbocycles. The quantitative estimate of drug-likeness (QED) is 0.133. The lowest BCUT2D eigenvalue weighted by molar-refractivity contribution is 0.0697. The van der Waals surface area contributed by atoms with E-state index < -0.39 is 5.97 Å². The Hall–Kier alpha value is -7.75. The standard InChI is InChI=1S/C61H47NO2/c63-59(64)47-26-17-27-48(36-47)62(49-32-34-53-51-28-13-15-30-55(51)60(57(53)37-49,39-43-18-5-1-6-19-43)40-44-20-7-2-8-21-44)50-33-35-54-52-29-14-16-31-56(52)61(58(54)38-50,41-45-22-9-3-10-23-45)42-46-24-11-4-12-25-46/h1-38H,39-42H2,(H,63,64). The van der Waals surface area contributed by atoms with E-state index in [9.17, 15) is 9.90 Å². The number of carboxylic acids is 1. The van der Waals surface area contributed by atoms with Crippen molar-refractivity contribution < 1.29 is 9.90 Å². The van der Waals surface area contributed by atoms with Crippen molar-refractivity contribution in [3.05, 3.63) is 281 Å². The Morgan fingerprint density at radius 3 is 1.08 bits per heavy atom. The molecule has 2 aliphatic rings. The Kier molecular flexibility index (Phi) is 9.89. The van der Waals surface area contributed by atoms with Gasteiger partial charge in [-0.05, 0) is 135 Å². The largest absolute Gasteiger partial charge is 0.478 e. The molecular weight excluding hydrogens is 779 g/mol. The van der Waals surface area contributed by atoms with Gasteiger partial charge >= 0.3 is 5.97 Å². The molecule has 0 fully saturated rings. The minimum Gasteiger partial charge on any atom is -0.478 e. The molecule has 308 valence electrons. The van der Waals surface area contributed by atoms with Crippen LogP contribution in [0.1, 0.15) is 54.9 Å². The predicted octanol–water partition coefficient (Wildman–Crippen LogP) is 14.4. The van der Waals surface area contributed by atoms with Gasteiger partial charge in [-0.25, -0.2) is 4.79 Å². The first-order valence-corrected chi connectivity index (χ1v) is 22.3. The normalized spacial score (nSPS) is 13.6.